The van der Waals surface area contributed by atoms with Gasteiger partial charge in [0.05, 0.1) is 6.61 Å². The van der Waals surface area contributed by atoms with Crippen LogP contribution in [-0.2, 0) is 6.54 Å². The van der Waals surface area contributed by atoms with Crippen molar-refractivity contribution < 1.29 is 5.11 Å². The first-order chi connectivity index (χ1) is 9.60. The van der Waals surface area contributed by atoms with Crippen LogP contribution in [0.2, 0.25) is 0 Å². The molecule has 0 aliphatic heterocycles. The molecule has 0 saturated heterocycles. The molecule has 4 N–H and O–H groups in total. The molecule has 1 saturated carbocycles. The Hall–Kier alpha value is -1.76. The summed E-state index contributed by atoms with van der Waals surface area (Å²) < 4.78 is 1.41. The molecule has 0 bridgehead atoms. The van der Waals surface area contributed by atoms with Crippen molar-refractivity contribution in [3.63, 3.8) is 0 Å². The molecule has 1 heterocycles. The number of aromatic nitrogens is 2. The summed E-state index contributed by atoms with van der Waals surface area (Å²) in [7, 11) is 0. The van der Waals surface area contributed by atoms with Crippen molar-refractivity contribution in [2.24, 2.45) is 0 Å². The number of H-pyrrole nitrogens is 1. The summed E-state index contributed by atoms with van der Waals surface area (Å²) in [4.78, 5) is 28.1. The van der Waals surface area contributed by atoms with E-state index < -0.39 is 11.2 Å². The Balaban J connectivity index is 2.45. The van der Waals surface area contributed by atoms with Crippen LogP contribution in [0.1, 0.15) is 32.6 Å². The Morgan fingerprint density at radius 2 is 2.15 bits per heavy atom. The number of aliphatic hydroxyl groups excluding tert-OH is 1. The molecule has 1 aliphatic carbocycles. The average Bonchev–Trinajstić information content (AvgIpc) is 3.21. The maximum absolute atomic E-state index is 12.1. The summed E-state index contributed by atoms with van der Waals surface area (Å²) in [6, 6.07) is 0.239. The molecule has 0 amide bonds. The van der Waals surface area contributed by atoms with E-state index in [0.717, 1.165) is 25.7 Å². The van der Waals surface area contributed by atoms with Gasteiger partial charge in [0.15, 0.2) is 0 Å². The zero-order valence-corrected chi connectivity index (χ0v) is 11.8. The van der Waals surface area contributed by atoms with E-state index >= 15 is 0 Å². The molecular formula is C13H22N4O3. The first-order valence-electron chi connectivity index (χ1n) is 7.10. The van der Waals surface area contributed by atoms with E-state index in [1.807, 2.05) is 11.8 Å². The third kappa shape index (κ3) is 2.87. The first-order valence-corrected chi connectivity index (χ1v) is 7.10. The topological polar surface area (TPSA) is 104 Å². The van der Waals surface area contributed by atoms with E-state index in [1.54, 1.807) is 0 Å². The smallest absolute Gasteiger partial charge is 0.330 e. The summed E-state index contributed by atoms with van der Waals surface area (Å²) >= 11 is 0. The number of aliphatic hydroxyl groups is 1. The highest BCUT2D eigenvalue weighted by Crippen LogP contribution is 2.31. The SMILES string of the molecule is CCCCn1c(N)c(N(CCO)C2CC2)c(=O)[nH]c1=O. The summed E-state index contributed by atoms with van der Waals surface area (Å²) in [6.07, 6.45) is 3.71. The Labute approximate surface area is 117 Å². The van der Waals surface area contributed by atoms with Gasteiger partial charge in [0, 0.05) is 19.1 Å². The van der Waals surface area contributed by atoms with E-state index in [9.17, 15) is 9.59 Å². The number of aromatic amines is 1. The highest BCUT2D eigenvalue weighted by molar-refractivity contribution is 5.63. The minimum absolute atomic E-state index is 0.0521. The van der Waals surface area contributed by atoms with Crippen LogP contribution in [0.25, 0.3) is 0 Å². The van der Waals surface area contributed by atoms with Crippen molar-refractivity contribution in [1.29, 1.82) is 0 Å². The van der Waals surface area contributed by atoms with Crippen molar-refractivity contribution in [1.82, 2.24) is 9.55 Å². The molecule has 0 aromatic carbocycles. The predicted octanol–water partition coefficient (Wildman–Crippen LogP) is -0.120. The second kappa shape index (κ2) is 6.13. The maximum Gasteiger partial charge on any atom is 0.330 e. The molecule has 0 spiro atoms. The lowest BCUT2D eigenvalue weighted by Gasteiger charge is -2.25. The van der Waals surface area contributed by atoms with Crippen LogP contribution in [0.4, 0.5) is 11.5 Å². The number of nitrogens with zero attached hydrogens (tertiary/aromatic N) is 2. The summed E-state index contributed by atoms with van der Waals surface area (Å²) in [5, 5.41) is 9.16. The summed E-state index contributed by atoms with van der Waals surface area (Å²) in [5.74, 6) is 0.201. The molecule has 0 unspecified atom stereocenters. The van der Waals surface area contributed by atoms with Gasteiger partial charge in [-0.15, -0.1) is 0 Å². The zero-order valence-electron chi connectivity index (χ0n) is 11.8. The second-order valence-corrected chi connectivity index (χ2v) is 5.15. The van der Waals surface area contributed by atoms with Crippen LogP contribution < -0.4 is 21.9 Å². The highest BCUT2D eigenvalue weighted by atomic mass is 16.3. The average molecular weight is 282 g/mol. The second-order valence-electron chi connectivity index (χ2n) is 5.15. The van der Waals surface area contributed by atoms with E-state index in [2.05, 4.69) is 4.98 Å². The van der Waals surface area contributed by atoms with Crippen LogP contribution >= 0.6 is 0 Å². The normalized spacial score (nSPS) is 14.5. The molecule has 1 fully saturated rings. The van der Waals surface area contributed by atoms with E-state index in [-0.39, 0.29) is 18.5 Å². The van der Waals surface area contributed by atoms with Crippen LogP contribution in [0.3, 0.4) is 0 Å². The number of nitrogen functional groups attached to an aromatic ring is 1. The predicted molar refractivity (Wildman–Crippen MR) is 78.1 cm³/mol. The molecule has 7 nitrogen and oxygen atoms in total. The van der Waals surface area contributed by atoms with Crippen LogP contribution in [-0.4, -0.2) is 33.9 Å². The van der Waals surface area contributed by atoms with Crippen molar-refractivity contribution in [2.75, 3.05) is 23.8 Å². The van der Waals surface area contributed by atoms with Crippen LogP contribution in [0.5, 0.6) is 0 Å². The summed E-state index contributed by atoms with van der Waals surface area (Å²) in [5.41, 5.74) is 5.42. The molecule has 20 heavy (non-hydrogen) atoms. The van der Waals surface area contributed by atoms with Gasteiger partial charge in [-0.3, -0.25) is 14.3 Å². The van der Waals surface area contributed by atoms with E-state index in [1.165, 1.54) is 4.57 Å². The van der Waals surface area contributed by atoms with Gasteiger partial charge in [0.1, 0.15) is 11.5 Å². The molecule has 1 aliphatic rings. The summed E-state index contributed by atoms with van der Waals surface area (Å²) in [6.45, 7) is 2.81. The number of anilines is 2. The van der Waals surface area contributed by atoms with Gasteiger partial charge in [-0.1, -0.05) is 13.3 Å². The number of unbranched alkanes of at least 4 members (excludes halogenated alkanes) is 1. The highest BCUT2D eigenvalue weighted by Gasteiger charge is 2.32. The minimum atomic E-state index is -0.472. The van der Waals surface area contributed by atoms with Crippen molar-refractivity contribution in [3.05, 3.63) is 20.8 Å². The number of nitrogens with two attached hydrogens (primary N) is 1. The number of rotatable bonds is 7. The lowest BCUT2D eigenvalue weighted by Crippen LogP contribution is -2.40. The van der Waals surface area contributed by atoms with Gasteiger partial charge in [0.25, 0.3) is 5.56 Å². The molecule has 2 rings (SSSR count). The lowest BCUT2D eigenvalue weighted by atomic mass is 10.3. The standard InChI is InChI=1S/C13H22N4O3/c1-2-3-6-17-11(14)10(12(19)15-13(17)20)16(7-8-18)9-4-5-9/h9,18H,2-8,14H2,1H3,(H,15,19,20). The fourth-order valence-electron chi connectivity index (χ4n) is 2.36. The molecule has 1 aromatic rings. The molecular weight excluding hydrogens is 260 g/mol. The molecule has 0 radical (unpaired) electrons. The van der Waals surface area contributed by atoms with Gasteiger partial charge in [-0.05, 0) is 19.3 Å². The zero-order chi connectivity index (χ0) is 14.7. The van der Waals surface area contributed by atoms with Crippen molar-refractivity contribution >= 4 is 11.5 Å². The third-order valence-electron chi connectivity index (χ3n) is 3.57. The molecule has 7 heteroatoms. The molecule has 1 aromatic heterocycles. The lowest BCUT2D eigenvalue weighted by molar-refractivity contribution is 0.301. The fraction of sp³-hybridized carbons (Fsp3) is 0.692. The Morgan fingerprint density at radius 1 is 1.45 bits per heavy atom. The van der Waals surface area contributed by atoms with E-state index in [0.29, 0.717) is 18.8 Å². The van der Waals surface area contributed by atoms with Gasteiger partial charge >= 0.3 is 5.69 Å². The van der Waals surface area contributed by atoms with Gasteiger partial charge in [0.2, 0.25) is 0 Å². The molecule has 0 atom stereocenters. The minimum Gasteiger partial charge on any atom is -0.395 e. The largest absolute Gasteiger partial charge is 0.395 e. The van der Waals surface area contributed by atoms with Gasteiger partial charge in [-0.2, -0.15) is 0 Å². The Morgan fingerprint density at radius 3 is 2.70 bits per heavy atom. The van der Waals surface area contributed by atoms with Crippen LogP contribution in [0, 0.1) is 0 Å². The first kappa shape index (κ1) is 14.6. The van der Waals surface area contributed by atoms with Gasteiger partial charge < -0.3 is 15.7 Å². The van der Waals surface area contributed by atoms with Crippen molar-refractivity contribution in [3.8, 4) is 0 Å². The van der Waals surface area contributed by atoms with Gasteiger partial charge in [-0.25, -0.2) is 4.79 Å². The number of nitrogens with one attached hydrogen (secondary N) is 1. The number of hydrogen-bond acceptors (Lipinski definition) is 5. The van der Waals surface area contributed by atoms with Crippen molar-refractivity contribution in [2.45, 2.75) is 45.2 Å². The third-order valence-corrected chi connectivity index (χ3v) is 3.57. The quantitative estimate of drug-likeness (QED) is 0.647. The molecule has 112 valence electrons. The Bertz CT molecular complexity index is 574. The maximum atomic E-state index is 12.1. The van der Waals surface area contributed by atoms with Crippen LogP contribution in [0.15, 0.2) is 9.59 Å². The fourth-order valence-corrected chi connectivity index (χ4v) is 2.36. The number of hydrogen-bond donors (Lipinski definition) is 3. The monoisotopic (exact) mass is 282 g/mol. The van der Waals surface area contributed by atoms with E-state index in [4.69, 9.17) is 10.8 Å². The Kier molecular flexibility index (Phi) is 4.49.